The largest absolute Gasteiger partial charge is 0.402 e. The van der Waals surface area contributed by atoms with E-state index in [4.69, 9.17) is 23.1 Å². The Labute approximate surface area is 157 Å². The maximum Gasteiger partial charge on any atom is 0.159 e. The molecule has 1 aliphatic carbocycles. The number of anilines is 2. The number of hydrogen-bond donors (Lipinski definition) is 4. The van der Waals surface area contributed by atoms with Crippen LogP contribution in [0.15, 0.2) is 17.8 Å². The van der Waals surface area contributed by atoms with Gasteiger partial charge in [0.25, 0.3) is 0 Å². The van der Waals surface area contributed by atoms with E-state index in [1.807, 2.05) is 13.0 Å². The number of aromatic amines is 1. The van der Waals surface area contributed by atoms with Crippen LogP contribution in [0, 0.1) is 17.8 Å². The first-order chi connectivity index (χ1) is 12.5. The zero-order chi connectivity index (χ0) is 18.8. The Morgan fingerprint density at radius 1 is 1.42 bits per heavy atom. The van der Waals surface area contributed by atoms with Crippen molar-refractivity contribution in [2.75, 3.05) is 18.1 Å². The first-order valence-electron chi connectivity index (χ1n) is 8.25. The topological polar surface area (TPSA) is 110 Å². The van der Waals surface area contributed by atoms with Gasteiger partial charge in [0.05, 0.1) is 10.6 Å². The Balaban J connectivity index is 1.99. The Bertz CT molecular complexity index is 956. The highest BCUT2D eigenvalue weighted by atomic mass is 35.5. The molecule has 1 saturated carbocycles. The molecule has 7 heteroatoms. The zero-order valence-corrected chi connectivity index (χ0v) is 15.4. The number of halogens is 1. The van der Waals surface area contributed by atoms with Gasteiger partial charge in [-0.15, -0.1) is 0 Å². The van der Waals surface area contributed by atoms with Crippen LogP contribution in [0.5, 0.6) is 0 Å². The van der Waals surface area contributed by atoms with Crippen LogP contribution in [0.2, 0.25) is 5.02 Å². The lowest BCUT2D eigenvalue weighted by Crippen LogP contribution is -2.03. The van der Waals surface area contributed by atoms with Gasteiger partial charge >= 0.3 is 0 Å². The Hall–Kier alpha value is -2.91. The molecule has 26 heavy (non-hydrogen) atoms. The standard InChI is InChI=1S/C19H20ClN5O/c1-10(21)18(11-3-4-11)13-8-15(20)12(7-16(13)22)5-6-17-14(9-26)19(23-2)25-24-17/h7-9,11H,3-4,21-22H2,1-2H3,(H2,23,24,25)/b18-10-. The van der Waals surface area contributed by atoms with E-state index in [1.165, 1.54) is 0 Å². The molecule has 134 valence electrons. The van der Waals surface area contributed by atoms with Crippen LogP contribution in [0.25, 0.3) is 5.57 Å². The van der Waals surface area contributed by atoms with Gasteiger partial charge in [-0.2, -0.15) is 5.10 Å². The van der Waals surface area contributed by atoms with Crippen molar-refractivity contribution < 1.29 is 4.79 Å². The summed E-state index contributed by atoms with van der Waals surface area (Å²) < 4.78 is 0. The summed E-state index contributed by atoms with van der Waals surface area (Å²) in [4.78, 5) is 11.2. The molecule has 1 fully saturated rings. The minimum Gasteiger partial charge on any atom is -0.402 e. The molecule has 6 nitrogen and oxygen atoms in total. The third kappa shape index (κ3) is 3.39. The van der Waals surface area contributed by atoms with Crippen LogP contribution in [-0.2, 0) is 0 Å². The number of rotatable bonds is 4. The van der Waals surface area contributed by atoms with Crippen LogP contribution in [0.3, 0.4) is 0 Å². The molecule has 1 aromatic carbocycles. The van der Waals surface area contributed by atoms with Gasteiger partial charge in [0.1, 0.15) is 5.69 Å². The highest BCUT2D eigenvalue weighted by Gasteiger charge is 2.29. The first-order valence-corrected chi connectivity index (χ1v) is 8.63. The fourth-order valence-corrected chi connectivity index (χ4v) is 3.14. The SMILES string of the molecule is CNc1n[nH]c(C#Cc2cc(N)c(/C(=C(/C)N)C3CC3)cc2Cl)c1C=O. The number of carbonyl (C=O) groups is 1. The molecular formula is C19H20ClN5O. The van der Waals surface area contributed by atoms with Crippen molar-refractivity contribution in [3.05, 3.63) is 45.2 Å². The lowest BCUT2D eigenvalue weighted by molar-refractivity contribution is 0.112. The van der Waals surface area contributed by atoms with E-state index >= 15 is 0 Å². The van der Waals surface area contributed by atoms with Gasteiger partial charge < -0.3 is 16.8 Å². The van der Waals surface area contributed by atoms with Crippen molar-refractivity contribution >= 4 is 35.0 Å². The van der Waals surface area contributed by atoms with Crippen molar-refractivity contribution in [3.8, 4) is 11.8 Å². The number of nitrogen functional groups attached to an aromatic ring is 1. The molecule has 0 amide bonds. The van der Waals surface area contributed by atoms with E-state index in [0.29, 0.717) is 45.6 Å². The summed E-state index contributed by atoms with van der Waals surface area (Å²) in [5.41, 5.74) is 17.0. The van der Waals surface area contributed by atoms with Gasteiger partial charge in [0.2, 0.25) is 0 Å². The van der Waals surface area contributed by atoms with Gasteiger partial charge in [-0.05, 0) is 49.3 Å². The summed E-state index contributed by atoms with van der Waals surface area (Å²) in [6, 6.07) is 3.56. The van der Waals surface area contributed by atoms with Crippen LogP contribution < -0.4 is 16.8 Å². The molecule has 0 unspecified atom stereocenters. The molecule has 0 saturated heterocycles. The summed E-state index contributed by atoms with van der Waals surface area (Å²) in [5.74, 6) is 6.75. The quantitative estimate of drug-likeness (QED) is 0.376. The summed E-state index contributed by atoms with van der Waals surface area (Å²) >= 11 is 6.42. The number of carbonyl (C=O) groups excluding carboxylic acids is 1. The summed E-state index contributed by atoms with van der Waals surface area (Å²) in [6.45, 7) is 1.88. The summed E-state index contributed by atoms with van der Waals surface area (Å²) in [6.07, 6.45) is 2.93. The molecule has 0 atom stereocenters. The van der Waals surface area contributed by atoms with E-state index in [0.717, 1.165) is 29.7 Å². The molecule has 0 radical (unpaired) electrons. The Morgan fingerprint density at radius 2 is 2.15 bits per heavy atom. The molecule has 0 aliphatic heterocycles. The lowest BCUT2D eigenvalue weighted by Gasteiger charge is -2.13. The molecular weight excluding hydrogens is 350 g/mol. The Morgan fingerprint density at radius 3 is 2.73 bits per heavy atom. The van der Waals surface area contributed by atoms with Crippen molar-refractivity contribution in [3.63, 3.8) is 0 Å². The van der Waals surface area contributed by atoms with Gasteiger partial charge in [0.15, 0.2) is 12.1 Å². The van der Waals surface area contributed by atoms with Gasteiger partial charge in [-0.3, -0.25) is 9.89 Å². The smallest absolute Gasteiger partial charge is 0.159 e. The normalized spacial score (nSPS) is 14.3. The molecule has 6 N–H and O–H groups in total. The van der Waals surface area contributed by atoms with Crippen LogP contribution in [-0.4, -0.2) is 23.5 Å². The first kappa shape index (κ1) is 17.9. The molecule has 3 rings (SSSR count). The van der Waals surface area contributed by atoms with Crippen molar-refractivity contribution in [1.82, 2.24) is 10.2 Å². The summed E-state index contributed by atoms with van der Waals surface area (Å²) in [5, 5.41) is 10.0. The second-order valence-corrected chi connectivity index (χ2v) is 6.68. The number of aromatic nitrogens is 2. The number of aldehydes is 1. The number of allylic oxidation sites excluding steroid dienone is 2. The monoisotopic (exact) mass is 369 g/mol. The minimum atomic E-state index is 0.374. The number of nitrogens with one attached hydrogen (secondary N) is 2. The fraction of sp³-hybridized carbons (Fsp3) is 0.263. The van der Waals surface area contributed by atoms with Crippen molar-refractivity contribution in [2.24, 2.45) is 11.7 Å². The Kier molecular flexibility index (Phi) is 4.92. The molecule has 1 aromatic heterocycles. The third-order valence-electron chi connectivity index (χ3n) is 4.32. The van der Waals surface area contributed by atoms with E-state index in [9.17, 15) is 4.79 Å². The van der Waals surface area contributed by atoms with E-state index in [2.05, 4.69) is 27.4 Å². The summed E-state index contributed by atoms with van der Waals surface area (Å²) in [7, 11) is 1.68. The van der Waals surface area contributed by atoms with Gasteiger partial charge in [-0.25, -0.2) is 0 Å². The molecule has 0 spiro atoms. The second-order valence-electron chi connectivity index (χ2n) is 6.27. The lowest BCUT2D eigenvalue weighted by atomic mass is 9.96. The number of nitrogens with zero attached hydrogens (tertiary/aromatic N) is 1. The van der Waals surface area contributed by atoms with E-state index in [1.54, 1.807) is 13.1 Å². The van der Waals surface area contributed by atoms with Crippen LogP contribution >= 0.6 is 11.6 Å². The average molecular weight is 370 g/mol. The van der Waals surface area contributed by atoms with Gasteiger partial charge in [0, 0.05) is 29.6 Å². The maximum atomic E-state index is 11.2. The molecule has 0 bridgehead atoms. The number of hydrogen-bond acceptors (Lipinski definition) is 5. The number of benzene rings is 1. The van der Waals surface area contributed by atoms with Crippen molar-refractivity contribution in [2.45, 2.75) is 19.8 Å². The van der Waals surface area contributed by atoms with Crippen molar-refractivity contribution in [1.29, 1.82) is 0 Å². The number of H-pyrrole nitrogens is 1. The second kappa shape index (κ2) is 7.14. The zero-order valence-electron chi connectivity index (χ0n) is 14.6. The van der Waals surface area contributed by atoms with Crippen LogP contribution in [0.4, 0.5) is 11.5 Å². The third-order valence-corrected chi connectivity index (χ3v) is 4.63. The predicted octanol–water partition coefficient (Wildman–Crippen LogP) is 3.00. The van der Waals surface area contributed by atoms with Crippen LogP contribution in [0.1, 0.15) is 46.9 Å². The highest BCUT2D eigenvalue weighted by molar-refractivity contribution is 6.32. The average Bonchev–Trinajstić information content (AvgIpc) is 3.35. The molecule has 1 heterocycles. The molecule has 2 aromatic rings. The van der Waals surface area contributed by atoms with E-state index in [-0.39, 0.29) is 0 Å². The predicted molar refractivity (Wildman–Crippen MR) is 105 cm³/mol. The minimum absolute atomic E-state index is 0.374. The molecule has 1 aliphatic rings. The maximum absolute atomic E-state index is 11.2. The fourth-order valence-electron chi connectivity index (χ4n) is 2.93. The highest BCUT2D eigenvalue weighted by Crippen LogP contribution is 2.45. The number of nitrogens with two attached hydrogens (primary N) is 2. The van der Waals surface area contributed by atoms with Gasteiger partial charge in [-0.1, -0.05) is 17.5 Å². The van der Waals surface area contributed by atoms with E-state index < -0.39 is 0 Å².